The lowest BCUT2D eigenvalue weighted by Crippen LogP contribution is -2.21. The Kier molecular flexibility index (Phi) is 6.07. The van der Waals surface area contributed by atoms with Crippen LogP contribution in [0.4, 0.5) is 0 Å². The van der Waals surface area contributed by atoms with Crippen molar-refractivity contribution in [1.29, 1.82) is 0 Å². The van der Waals surface area contributed by atoms with Gasteiger partial charge in [0.2, 0.25) is 0 Å². The van der Waals surface area contributed by atoms with Crippen LogP contribution in [0.25, 0.3) is 0 Å². The van der Waals surface area contributed by atoms with E-state index in [4.69, 9.17) is 5.73 Å². The first-order valence-electron chi connectivity index (χ1n) is 6.80. The van der Waals surface area contributed by atoms with Crippen LogP contribution in [-0.4, -0.2) is 30.3 Å². The molecule has 1 aromatic rings. The first kappa shape index (κ1) is 14.8. The highest BCUT2D eigenvalue weighted by atomic mass is 32.2. The van der Waals surface area contributed by atoms with Gasteiger partial charge in [0.15, 0.2) is 0 Å². The third kappa shape index (κ3) is 5.47. The van der Waals surface area contributed by atoms with Crippen molar-refractivity contribution in [2.24, 2.45) is 5.73 Å². The monoisotopic (exact) mass is 297 g/mol. The number of nitrogens with zero attached hydrogens (tertiary/aromatic N) is 1. The molecule has 3 N–H and O–H groups in total. The number of thiophene rings is 1. The second-order valence-corrected chi connectivity index (χ2v) is 7.21. The second-order valence-electron chi connectivity index (χ2n) is 4.86. The molecule has 0 amide bonds. The second kappa shape index (κ2) is 7.82. The minimum atomic E-state index is 0.560. The molecule has 1 saturated heterocycles. The maximum absolute atomic E-state index is 5.45. The summed E-state index contributed by atoms with van der Waals surface area (Å²) in [5.41, 5.74) is 5.45. The van der Waals surface area contributed by atoms with E-state index in [0.29, 0.717) is 5.82 Å². The van der Waals surface area contributed by atoms with E-state index in [9.17, 15) is 0 Å². The van der Waals surface area contributed by atoms with E-state index < -0.39 is 0 Å². The van der Waals surface area contributed by atoms with E-state index in [0.717, 1.165) is 24.6 Å². The van der Waals surface area contributed by atoms with Crippen molar-refractivity contribution in [2.75, 3.05) is 25.4 Å². The lowest BCUT2D eigenvalue weighted by molar-refractivity contribution is 0.334. The Morgan fingerprint density at radius 3 is 2.84 bits per heavy atom. The summed E-state index contributed by atoms with van der Waals surface area (Å²) in [4.78, 5) is 5.54. The molecule has 3 nitrogen and oxygen atoms in total. The highest BCUT2D eigenvalue weighted by Gasteiger charge is 2.12. The van der Waals surface area contributed by atoms with Gasteiger partial charge in [-0.05, 0) is 38.1 Å². The van der Waals surface area contributed by atoms with Crippen molar-refractivity contribution in [3.63, 3.8) is 0 Å². The van der Waals surface area contributed by atoms with Gasteiger partial charge in [-0.25, -0.2) is 0 Å². The van der Waals surface area contributed by atoms with E-state index in [1.807, 2.05) is 23.1 Å². The van der Waals surface area contributed by atoms with Crippen LogP contribution in [0.3, 0.4) is 0 Å². The molecule has 1 aliphatic rings. The highest BCUT2D eigenvalue weighted by molar-refractivity contribution is 7.98. The van der Waals surface area contributed by atoms with Crippen molar-refractivity contribution >= 4 is 23.1 Å². The van der Waals surface area contributed by atoms with E-state index in [1.54, 1.807) is 0 Å². The molecule has 106 valence electrons. The fraction of sp³-hybridized carbons (Fsp3) is 0.571. The zero-order valence-corrected chi connectivity index (χ0v) is 13.0. The fourth-order valence-electron chi connectivity index (χ4n) is 2.20. The van der Waals surface area contributed by atoms with Gasteiger partial charge in [0.05, 0.1) is 5.82 Å². The first-order chi connectivity index (χ1) is 9.24. The van der Waals surface area contributed by atoms with E-state index in [1.165, 1.54) is 35.7 Å². The number of thioether (sulfide) groups is 1. The Morgan fingerprint density at radius 1 is 1.37 bits per heavy atom. The molecule has 0 spiro atoms. The number of rotatable bonds is 8. The van der Waals surface area contributed by atoms with Crippen LogP contribution in [0.15, 0.2) is 24.5 Å². The molecule has 19 heavy (non-hydrogen) atoms. The van der Waals surface area contributed by atoms with Crippen molar-refractivity contribution in [2.45, 2.75) is 25.1 Å². The van der Waals surface area contributed by atoms with Gasteiger partial charge in [0, 0.05) is 34.3 Å². The van der Waals surface area contributed by atoms with E-state index >= 15 is 0 Å². The largest absolute Gasteiger partial charge is 0.386 e. The summed E-state index contributed by atoms with van der Waals surface area (Å²) in [6, 6.07) is 4.57. The molecule has 0 bridgehead atoms. The van der Waals surface area contributed by atoms with Gasteiger partial charge in [-0.1, -0.05) is 6.58 Å². The lowest BCUT2D eigenvalue weighted by Gasteiger charge is -2.12. The predicted octanol–water partition coefficient (Wildman–Crippen LogP) is 2.60. The quantitative estimate of drug-likeness (QED) is 0.724. The first-order valence-corrected chi connectivity index (χ1v) is 8.77. The molecular weight excluding hydrogens is 274 g/mol. The minimum Gasteiger partial charge on any atom is -0.386 e. The molecule has 2 rings (SSSR count). The molecular formula is C14H23N3S2. The third-order valence-electron chi connectivity index (χ3n) is 3.14. The van der Waals surface area contributed by atoms with Crippen molar-refractivity contribution in [1.82, 2.24) is 10.2 Å². The molecule has 1 aromatic heterocycles. The molecule has 2 heterocycles. The number of nitrogens with two attached hydrogens (primary N) is 1. The van der Waals surface area contributed by atoms with Gasteiger partial charge in [-0.3, -0.25) is 4.90 Å². The Morgan fingerprint density at radius 2 is 2.11 bits per heavy atom. The van der Waals surface area contributed by atoms with Crippen LogP contribution in [0, 0.1) is 0 Å². The zero-order chi connectivity index (χ0) is 13.5. The summed E-state index contributed by atoms with van der Waals surface area (Å²) < 4.78 is 0. The van der Waals surface area contributed by atoms with Gasteiger partial charge >= 0.3 is 0 Å². The smallest absolute Gasteiger partial charge is 0.0886 e. The van der Waals surface area contributed by atoms with Crippen molar-refractivity contribution in [3.8, 4) is 0 Å². The molecule has 1 aliphatic heterocycles. The van der Waals surface area contributed by atoms with Crippen molar-refractivity contribution in [3.05, 3.63) is 34.3 Å². The lowest BCUT2D eigenvalue weighted by atomic mass is 10.4. The zero-order valence-electron chi connectivity index (χ0n) is 11.4. The van der Waals surface area contributed by atoms with Crippen LogP contribution in [0.1, 0.15) is 22.6 Å². The summed E-state index contributed by atoms with van der Waals surface area (Å²) in [6.45, 7) is 8.20. The SMILES string of the molecule is C=C(N)NCCSCc1ccc(CN2CCCC2)s1. The summed E-state index contributed by atoms with van der Waals surface area (Å²) in [7, 11) is 0. The summed E-state index contributed by atoms with van der Waals surface area (Å²) in [6.07, 6.45) is 2.74. The van der Waals surface area contributed by atoms with Gasteiger partial charge in [0.1, 0.15) is 0 Å². The number of hydrogen-bond donors (Lipinski definition) is 2. The Labute approximate surface area is 124 Å². The molecule has 0 saturated carbocycles. The molecule has 0 radical (unpaired) electrons. The number of nitrogens with one attached hydrogen (secondary N) is 1. The Bertz CT molecular complexity index is 397. The molecule has 0 atom stereocenters. The molecule has 0 aromatic carbocycles. The predicted molar refractivity (Wildman–Crippen MR) is 86.3 cm³/mol. The fourth-order valence-corrected chi connectivity index (χ4v) is 4.23. The average Bonchev–Trinajstić information content (AvgIpc) is 3.01. The van der Waals surface area contributed by atoms with Gasteiger partial charge < -0.3 is 11.1 Å². The highest BCUT2D eigenvalue weighted by Crippen LogP contribution is 2.23. The third-order valence-corrected chi connectivity index (χ3v) is 5.40. The number of likely N-dealkylation sites (tertiary alicyclic amines) is 1. The normalized spacial score (nSPS) is 15.8. The van der Waals surface area contributed by atoms with Crippen LogP contribution < -0.4 is 11.1 Å². The van der Waals surface area contributed by atoms with Crippen LogP contribution in [0.2, 0.25) is 0 Å². The molecule has 0 aliphatic carbocycles. The standard InChI is InChI=1S/C14H23N3S2/c1-12(15)16-6-9-18-11-14-5-4-13(19-14)10-17-7-2-3-8-17/h4-5,16H,1-3,6-11,15H2. The molecule has 0 unspecified atom stereocenters. The topological polar surface area (TPSA) is 41.3 Å². The van der Waals surface area contributed by atoms with Gasteiger partial charge in [-0.15, -0.1) is 11.3 Å². The number of hydrogen-bond acceptors (Lipinski definition) is 5. The van der Waals surface area contributed by atoms with E-state index in [2.05, 4.69) is 28.9 Å². The van der Waals surface area contributed by atoms with E-state index in [-0.39, 0.29) is 0 Å². The maximum atomic E-state index is 5.45. The van der Waals surface area contributed by atoms with Crippen LogP contribution >= 0.6 is 23.1 Å². The summed E-state index contributed by atoms with van der Waals surface area (Å²) in [5, 5.41) is 3.04. The van der Waals surface area contributed by atoms with Gasteiger partial charge in [-0.2, -0.15) is 11.8 Å². The minimum absolute atomic E-state index is 0.560. The van der Waals surface area contributed by atoms with Crippen molar-refractivity contribution < 1.29 is 0 Å². The van der Waals surface area contributed by atoms with Crippen LogP contribution in [-0.2, 0) is 12.3 Å². The molecule has 1 fully saturated rings. The van der Waals surface area contributed by atoms with Crippen LogP contribution in [0.5, 0.6) is 0 Å². The Hall–Kier alpha value is -0.650. The Balaban J connectivity index is 1.64. The van der Waals surface area contributed by atoms with Gasteiger partial charge in [0.25, 0.3) is 0 Å². The summed E-state index contributed by atoms with van der Waals surface area (Å²) in [5.74, 6) is 2.73. The molecule has 5 heteroatoms. The summed E-state index contributed by atoms with van der Waals surface area (Å²) >= 11 is 3.90. The maximum Gasteiger partial charge on any atom is 0.0886 e. The average molecular weight is 297 g/mol.